The Labute approximate surface area is 221 Å². The number of esters is 2. The monoisotopic (exact) mass is 523 g/mol. The number of dihydropyridines is 1. The topological polar surface area (TPSA) is 90.9 Å². The van der Waals surface area contributed by atoms with Gasteiger partial charge in [0.25, 0.3) is 0 Å². The summed E-state index contributed by atoms with van der Waals surface area (Å²) in [5, 5.41) is 3.83. The van der Waals surface area contributed by atoms with Crippen LogP contribution in [0.1, 0.15) is 50.2 Å². The van der Waals surface area contributed by atoms with Crippen molar-refractivity contribution in [3.8, 4) is 5.75 Å². The maximum atomic E-state index is 14.3. The summed E-state index contributed by atoms with van der Waals surface area (Å²) < 4.78 is 16.3. The van der Waals surface area contributed by atoms with Crippen LogP contribution in [0.2, 0.25) is 5.02 Å². The third-order valence-electron chi connectivity index (χ3n) is 6.80. The molecule has 0 fully saturated rings. The summed E-state index contributed by atoms with van der Waals surface area (Å²) >= 11 is 6.14. The van der Waals surface area contributed by atoms with Gasteiger partial charge in [0.15, 0.2) is 5.78 Å². The average molecular weight is 524 g/mol. The minimum Gasteiger partial charge on any atom is -0.496 e. The van der Waals surface area contributed by atoms with Crippen molar-refractivity contribution in [3.63, 3.8) is 0 Å². The molecule has 1 aliphatic heterocycles. The van der Waals surface area contributed by atoms with E-state index in [0.29, 0.717) is 45.3 Å². The molecule has 0 bridgehead atoms. The largest absolute Gasteiger partial charge is 0.496 e. The molecule has 0 radical (unpaired) electrons. The second-order valence-corrected chi connectivity index (χ2v) is 9.34. The number of ether oxygens (including phenoxy) is 3. The molecule has 2 aromatic carbocycles. The number of carbonyl (C=O) groups is 3. The van der Waals surface area contributed by atoms with Crippen LogP contribution in [0.4, 0.5) is 0 Å². The Bertz CT molecular complexity index is 1280. The third-order valence-corrected chi connectivity index (χ3v) is 7.05. The zero-order chi connectivity index (χ0) is 26.7. The Kier molecular flexibility index (Phi) is 8.03. The zero-order valence-corrected chi connectivity index (χ0v) is 22.1. The van der Waals surface area contributed by atoms with Crippen molar-refractivity contribution in [3.05, 3.63) is 87.2 Å². The second kappa shape index (κ2) is 11.2. The Balaban J connectivity index is 1.91. The summed E-state index contributed by atoms with van der Waals surface area (Å²) in [7, 11) is 1.56. The van der Waals surface area contributed by atoms with E-state index in [1.54, 1.807) is 58.2 Å². The van der Waals surface area contributed by atoms with Gasteiger partial charge in [-0.15, -0.1) is 0 Å². The number of ketones is 1. The summed E-state index contributed by atoms with van der Waals surface area (Å²) in [5.74, 6) is -3.28. The van der Waals surface area contributed by atoms with Crippen LogP contribution < -0.4 is 10.1 Å². The molecule has 0 saturated heterocycles. The maximum absolute atomic E-state index is 14.3. The number of benzene rings is 2. The fourth-order valence-electron chi connectivity index (χ4n) is 5.27. The van der Waals surface area contributed by atoms with Gasteiger partial charge in [-0.05, 0) is 56.5 Å². The van der Waals surface area contributed by atoms with Gasteiger partial charge in [0.2, 0.25) is 0 Å². The summed E-state index contributed by atoms with van der Waals surface area (Å²) in [4.78, 5) is 40.7. The Morgan fingerprint density at radius 2 is 1.70 bits per heavy atom. The van der Waals surface area contributed by atoms with Gasteiger partial charge in [-0.3, -0.25) is 9.59 Å². The summed E-state index contributed by atoms with van der Waals surface area (Å²) in [6, 6.07) is 14.4. The predicted molar refractivity (Wildman–Crippen MR) is 139 cm³/mol. The molecule has 1 aliphatic carbocycles. The van der Waals surface area contributed by atoms with Crippen molar-refractivity contribution in [2.24, 2.45) is 5.92 Å². The van der Waals surface area contributed by atoms with Gasteiger partial charge in [-0.2, -0.15) is 0 Å². The number of methoxy groups -OCH3 is 1. The molecular weight excluding hydrogens is 494 g/mol. The first-order chi connectivity index (χ1) is 17.8. The van der Waals surface area contributed by atoms with Crippen LogP contribution in [0.15, 0.2) is 71.1 Å². The standard InChI is InChI=1S/C29H30ClNO6/c1-5-36-28(33)23-16(3)31-21-15-20(19-9-7-8-10-22(19)35-4)25(29(34)37-6-2)27(32)26(21)24(23)17-11-13-18(30)14-12-17/h7-14,20,24-25,31H,5-6,15H2,1-4H3/t20-,24+,25-/m1/s1. The van der Waals surface area contributed by atoms with Crippen LogP contribution in [0.5, 0.6) is 5.75 Å². The molecule has 0 spiro atoms. The summed E-state index contributed by atoms with van der Waals surface area (Å²) in [6.45, 7) is 5.55. The molecule has 0 saturated carbocycles. The number of hydrogen-bond acceptors (Lipinski definition) is 7. The van der Waals surface area contributed by atoms with E-state index in [1.807, 2.05) is 18.2 Å². The molecule has 0 aromatic heterocycles. The number of halogens is 1. The lowest BCUT2D eigenvalue weighted by Crippen LogP contribution is -2.43. The molecular formula is C29H30ClNO6. The van der Waals surface area contributed by atoms with E-state index in [0.717, 1.165) is 5.56 Å². The number of hydrogen-bond donors (Lipinski definition) is 1. The lowest BCUT2D eigenvalue weighted by molar-refractivity contribution is -0.152. The highest BCUT2D eigenvalue weighted by Gasteiger charge is 2.49. The summed E-state index contributed by atoms with van der Waals surface area (Å²) in [6.07, 6.45) is 0.350. The normalized spacial score (nSPS) is 21.2. The van der Waals surface area contributed by atoms with Gasteiger partial charge in [-0.25, -0.2) is 4.79 Å². The lowest BCUT2D eigenvalue weighted by Gasteiger charge is -2.39. The number of allylic oxidation sites excluding steroid dienone is 3. The SMILES string of the molecule is CCOC(=O)C1=C(C)NC2=C(C(=O)[C@H](C(=O)OCC)[C@@H](c3ccccc3OC)C2)[C@H]1c1ccc(Cl)cc1. The summed E-state index contributed by atoms with van der Waals surface area (Å²) in [5.41, 5.74) is 3.39. The number of Topliss-reactive ketones (excluding diaryl/α,β-unsaturated/α-hetero) is 1. The number of rotatable bonds is 7. The highest BCUT2D eigenvalue weighted by atomic mass is 35.5. The van der Waals surface area contributed by atoms with E-state index < -0.39 is 35.5 Å². The Morgan fingerprint density at radius 1 is 1.03 bits per heavy atom. The second-order valence-electron chi connectivity index (χ2n) is 8.91. The van der Waals surface area contributed by atoms with Gasteiger partial charge in [0.1, 0.15) is 11.7 Å². The maximum Gasteiger partial charge on any atom is 0.336 e. The minimum absolute atomic E-state index is 0.138. The first-order valence-electron chi connectivity index (χ1n) is 12.3. The molecule has 0 amide bonds. The fourth-order valence-corrected chi connectivity index (χ4v) is 5.40. The molecule has 8 heteroatoms. The first-order valence-corrected chi connectivity index (χ1v) is 12.7. The smallest absolute Gasteiger partial charge is 0.336 e. The molecule has 2 aliphatic rings. The van der Waals surface area contributed by atoms with Crippen molar-refractivity contribution in [2.75, 3.05) is 20.3 Å². The lowest BCUT2D eigenvalue weighted by atomic mass is 9.67. The van der Waals surface area contributed by atoms with E-state index in [1.165, 1.54) is 0 Å². The molecule has 1 N–H and O–H groups in total. The first kappa shape index (κ1) is 26.5. The highest BCUT2D eigenvalue weighted by Crippen LogP contribution is 2.49. The van der Waals surface area contributed by atoms with Gasteiger partial charge in [-0.1, -0.05) is 41.9 Å². The fraction of sp³-hybridized carbons (Fsp3) is 0.345. The predicted octanol–water partition coefficient (Wildman–Crippen LogP) is 5.06. The van der Waals surface area contributed by atoms with Crippen LogP contribution in [-0.2, 0) is 23.9 Å². The third kappa shape index (κ3) is 5.01. The Hall–Kier alpha value is -3.58. The molecule has 37 heavy (non-hydrogen) atoms. The zero-order valence-electron chi connectivity index (χ0n) is 21.3. The van der Waals surface area contributed by atoms with Crippen LogP contribution in [0.3, 0.4) is 0 Å². The van der Waals surface area contributed by atoms with Crippen molar-refractivity contribution < 1.29 is 28.6 Å². The van der Waals surface area contributed by atoms with Crippen LogP contribution >= 0.6 is 11.6 Å². The molecule has 3 atom stereocenters. The van der Waals surface area contributed by atoms with Crippen molar-refractivity contribution in [1.29, 1.82) is 0 Å². The minimum atomic E-state index is -1.10. The van der Waals surface area contributed by atoms with Gasteiger partial charge < -0.3 is 19.5 Å². The number of carbonyl (C=O) groups excluding carboxylic acids is 3. The van der Waals surface area contributed by atoms with Crippen molar-refractivity contribution >= 4 is 29.3 Å². The molecule has 194 valence electrons. The molecule has 4 rings (SSSR count). The van der Waals surface area contributed by atoms with E-state index >= 15 is 0 Å². The molecule has 7 nitrogen and oxygen atoms in total. The van der Waals surface area contributed by atoms with E-state index in [-0.39, 0.29) is 13.2 Å². The average Bonchev–Trinajstić information content (AvgIpc) is 2.88. The van der Waals surface area contributed by atoms with E-state index in [2.05, 4.69) is 5.32 Å². The Morgan fingerprint density at radius 3 is 2.35 bits per heavy atom. The number of para-hydroxylation sites is 1. The quantitative estimate of drug-likeness (QED) is 0.400. The van der Waals surface area contributed by atoms with Crippen LogP contribution in [-0.4, -0.2) is 38.0 Å². The van der Waals surface area contributed by atoms with Crippen LogP contribution in [0, 0.1) is 5.92 Å². The van der Waals surface area contributed by atoms with Gasteiger partial charge in [0, 0.05) is 33.8 Å². The van der Waals surface area contributed by atoms with Gasteiger partial charge >= 0.3 is 11.9 Å². The number of nitrogens with one attached hydrogen (secondary N) is 1. The highest BCUT2D eigenvalue weighted by molar-refractivity contribution is 6.30. The molecule has 1 heterocycles. The van der Waals surface area contributed by atoms with Gasteiger partial charge in [0.05, 0.1) is 25.9 Å². The van der Waals surface area contributed by atoms with E-state index in [9.17, 15) is 14.4 Å². The van der Waals surface area contributed by atoms with Crippen molar-refractivity contribution in [2.45, 2.75) is 39.0 Å². The molecule has 0 unspecified atom stereocenters. The molecule has 2 aromatic rings. The van der Waals surface area contributed by atoms with E-state index in [4.69, 9.17) is 25.8 Å². The van der Waals surface area contributed by atoms with Crippen LogP contribution in [0.25, 0.3) is 0 Å². The van der Waals surface area contributed by atoms with Crippen molar-refractivity contribution in [1.82, 2.24) is 5.32 Å².